The lowest BCUT2D eigenvalue weighted by molar-refractivity contribution is -0.120. The maximum atomic E-state index is 12.6. The predicted octanol–water partition coefficient (Wildman–Crippen LogP) is 2.59. The summed E-state index contributed by atoms with van der Waals surface area (Å²) >= 11 is 0. The molecule has 32 heavy (non-hydrogen) atoms. The lowest BCUT2D eigenvalue weighted by atomic mass is 9.97. The van der Waals surface area contributed by atoms with E-state index in [0.29, 0.717) is 18.5 Å². The van der Waals surface area contributed by atoms with Crippen LogP contribution in [0.3, 0.4) is 0 Å². The van der Waals surface area contributed by atoms with Gasteiger partial charge in [-0.25, -0.2) is 21.1 Å². The maximum absolute atomic E-state index is 12.6. The number of carbonyl (C=O) groups excluding carboxylic acids is 1. The molecule has 1 fully saturated rings. The molecule has 0 spiro atoms. The Bertz CT molecular complexity index is 1170. The van der Waals surface area contributed by atoms with Crippen LogP contribution in [0.2, 0.25) is 0 Å². The van der Waals surface area contributed by atoms with E-state index in [1.165, 1.54) is 35.9 Å². The average molecular weight is 478 g/mol. The third-order valence-electron chi connectivity index (χ3n) is 5.32. The number of amides is 1. The van der Waals surface area contributed by atoms with E-state index in [1.54, 1.807) is 18.2 Å². The van der Waals surface area contributed by atoms with Gasteiger partial charge in [-0.1, -0.05) is 30.3 Å². The number of nitrogens with zero attached hydrogens (tertiary/aromatic N) is 2. The Morgan fingerprint density at radius 1 is 0.969 bits per heavy atom. The summed E-state index contributed by atoms with van der Waals surface area (Å²) in [6, 6.07) is 15.2. The van der Waals surface area contributed by atoms with Gasteiger partial charge >= 0.3 is 0 Å². The van der Waals surface area contributed by atoms with E-state index in [4.69, 9.17) is 0 Å². The van der Waals surface area contributed by atoms with Gasteiger partial charge in [-0.05, 0) is 48.7 Å². The Balaban J connectivity index is 1.56. The van der Waals surface area contributed by atoms with Gasteiger partial charge in [-0.3, -0.25) is 4.79 Å². The first-order chi connectivity index (χ1) is 15.1. The molecular weight excluding hydrogens is 450 g/mol. The lowest BCUT2D eigenvalue weighted by Gasteiger charge is -2.29. The van der Waals surface area contributed by atoms with Crippen LogP contribution in [0.25, 0.3) is 6.08 Å². The number of anilines is 1. The van der Waals surface area contributed by atoms with Crippen LogP contribution in [0.4, 0.5) is 5.69 Å². The van der Waals surface area contributed by atoms with Gasteiger partial charge < -0.3 is 5.32 Å². The smallest absolute Gasteiger partial charge is 0.242 e. The number of sulfonamides is 2. The minimum atomic E-state index is -3.56. The van der Waals surface area contributed by atoms with Crippen LogP contribution >= 0.6 is 0 Å². The Kier molecular flexibility index (Phi) is 7.50. The summed E-state index contributed by atoms with van der Waals surface area (Å²) in [7, 11) is -4.18. The Morgan fingerprint density at radius 2 is 1.56 bits per heavy atom. The van der Waals surface area contributed by atoms with Crippen LogP contribution in [0.15, 0.2) is 64.9 Å². The fourth-order valence-electron chi connectivity index (χ4n) is 3.35. The van der Waals surface area contributed by atoms with Crippen LogP contribution in [0.1, 0.15) is 18.4 Å². The number of piperidine rings is 1. The van der Waals surface area contributed by atoms with Gasteiger partial charge in [0, 0.05) is 44.2 Å². The van der Waals surface area contributed by atoms with E-state index in [2.05, 4.69) is 5.32 Å². The second-order valence-corrected chi connectivity index (χ2v) is 11.7. The van der Waals surface area contributed by atoms with Crippen molar-refractivity contribution in [2.24, 2.45) is 5.92 Å². The molecule has 8 nitrogen and oxygen atoms in total. The molecule has 0 atom stereocenters. The second kappa shape index (κ2) is 9.95. The van der Waals surface area contributed by atoms with Gasteiger partial charge in [-0.2, -0.15) is 4.31 Å². The van der Waals surface area contributed by atoms with E-state index in [-0.39, 0.29) is 29.8 Å². The molecule has 1 saturated heterocycles. The highest BCUT2D eigenvalue weighted by atomic mass is 32.2. The third kappa shape index (κ3) is 5.83. The molecule has 0 saturated carbocycles. The summed E-state index contributed by atoms with van der Waals surface area (Å²) in [4.78, 5) is 12.7. The number of hydrogen-bond donors (Lipinski definition) is 1. The van der Waals surface area contributed by atoms with Crippen molar-refractivity contribution >= 4 is 37.7 Å². The first-order valence-corrected chi connectivity index (χ1v) is 13.1. The van der Waals surface area contributed by atoms with Crippen molar-refractivity contribution in [1.29, 1.82) is 0 Å². The van der Waals surface area contributed by atoms with Crippen molar-refractivity contribution in [3.8, 4) is 0 Å². The molecule has 10 heteroatoms. The highest BCUT2D eigenvalue weighted by molar-refractivity contribution is 7.92. The highest BCUT2D eigenvalue weighted by Gasteiger charge is 2.30. The van der Waals surface area contributed by atoms with Crippen LogP contribution < -0.4 is 5.32 Å². The van der Waals surface area contributed by atoms with Gasteiger partial charge in [0.1, 0.15) is 0 Å². The molecule has 1 aliphatic heterocycles. The minimum Gasteiger partial charge on any atom is -0.326 e. The van der Waals surface area contributed by atoms with Gasteiger partial charge in [0.15, 0.2) is 0 Å². The predicted molar refractivity (Wildman–Crippen MR) is 125 cm³/mol. The molecule has 1 heterocycles. The molecule has 0 aliphatic carbocycles. The molecule has 1 amide bonds. The summed E-state index contributed by atoms with van der Waals surface area (Å²) in [5, 5.41) is 3.99. The molecule has 1 N–H and O–H groups in total. The summed E-state index contributed by atoms with van der Waals surface area (Å²) in [5.74, 6) is -0.519. The SMILES string of the molecule is CN(C)S(=O)(=O)c1ccc(NC(=O)C2CCN(S(=O)(=O)/C=C/c3ccccc3)CC2)cc1. The highest BCUT2D eigenvalue weighted by Crippen LogP contribution is 2.23. The number of hydrogen-bond acceptors (Lipinski definition) is 5. The summed E-state index contributed by atoms with van der Waals surface area (Å²) in [6.45, 7) is 0.527. The Hall–Kier alpha value is -2.53. The van der Waals surface area contributed by atoms with Crippen LogP contribution in [-0.4, -0.2) is 58.5 Å². The van der Waals surface area contributed by atoms with Gasteiger partial charge in [0.05, 0.1) is 4.90 Å². The summed E-state index contributed by atoms with van der Waals surface area (Å²) in [6.07, 6.45) is 2.39. The van der Waals surface area contributed by atoms with E-state index in [9.17, 15) is 21.6 Å². The van der Waals surface area contributed by atoms with Crippen molar-refractivity contribution in [1.82, 2.24) is 8.61 Å². The molecule has 0 unspecified atom stereocenters. The van der Waals surface area contributed by atoms with E-state index >= 15 is 0 Å². The first-order valence-electron chi connectivity index (χ1n) is 10.2. The molecule has 1 aliphatic rings. The quantitative estimate of drug-likeness (QED) is 0.660. The molecule has 172 valence electrons. The van der Waals surface area contributed by atoms with E-state index < -0.39 is 20.0 Å². The lowest BCUT2D eigenvalue weighted by Crippen LogP contribution is -2.40. The Morgan fingerprint density at radius 3 is 2.12 bits per heavy atom. The van der Waals surface area contributed by atoms with Crippen molar-refractivity contribution in [3.63, 3.8) is 0 Å². The monoisotopic (exact) mass is 477 g/mol. The minimum absolute atomic E-state index is 0.141. The van der Waals surface area contributed by atoms with Crippen molar-refractivity contribution in [3.05, 3.63) is 65.6 Å². The number of carbonyl (C=O) groups is 1. The first kappa shape index (κ1) is 24.1. The van der Waals surface area contributed by atoms with Gasteiger partial charge in [0.2, 0.25) is 26.0 Å². The van der Waals surface area contributed by atoms with Crippen LogP contribution in [0.5, 0.6) is 0 Å². The average Bonchev–Trinajstić information content (AvgIpc) is 2.79. The van der Waals surface area contributed by atoms with Crippen LogP contribution in [-0.2, 0) is 24.8 Å². The topological polar surface area (TPSA) is 104 Å². The number of benzene rings is 2. The molecule has 2 aromatic rings. The largest absolute Gasteiger partial charge is 0.326 e. The fourth-order valence-corrected chi connectivity index (χ4v) is 5.48. The van der Waals surface area contributed by atoms with E-state index in [1.807, 2.05) is 30.3 Å². The van der Waals surface area contributed by atoms with Crippen molar-refractivity contribution in [2.45, 2.75) is 17.7 Å². The Labute approximate surface area is 189 Å². The molecule has 0 bridgehead atoms. The zero-order chi connectivity index (χ0) is 23.4. The maximum Gasteiger partial charge on any atom is 0.242 e. The molecule has 0 radical (unpaired) electrons. The number of rotatable bonds is 7. The van der Waals surface area contributed by atoms with Crippen molar-refractivity contribution in [2.75, 3.05) is 32.5 Å². The van der Waals surface area contributed by atoms with Crippen molar-refractivity contribution < 1.29 is 21.6 Å². The molecule has 3 rings (SSSR count). The van der Waals surface area contributed by atoms with Gasteiger partial charge in [-0.15, -0.1) is 0 Å². The fraction of sp³-hybridized carbons (Fsp3) is 0.318. The van der Waals surface area contributed by atoms with E-state index in [0.717, 1.165) is 9.87 Å². The molecular formula is C22H27N3O5S2. The number of nitrogens with one attached hydrogen (secondary N) is 1. The summed E-state index contributed by atoms with van der Waals surface area (Å²) < 4.78 is 51.9. The van der Waals surface area contributed by atoms with Gasteiger partial charge in [0.25, 0.3) is 0 Å². The zero-order valence-electron chi connectivity index (χ0n) is 18.0. The second-order valence-electron chi connectivity index (χ2n) is 7.73. The summed E-state index contributed by atoms with van der Waals surface area (Å²) in [5.41, 5.74) is 1.29. The standard InChI is InChI=1S/C22H27N3O5S2/c1-24(2)32(29,30)21-10-8-20(9-11-21)23-22(26)19-12-15-25(16-13-19)31(27,28)17-14-18-6-4-3-5-7-18/h3-11,14,17,19H,12-13,15-16H2,1-2H3,(H,23,26)/b17-14+. The third-order valence-corrected chi connectivity index (χ3v) is 8.71. The molecule has 2 aromatic carbocycles. The zero-order valence-corrected chi connectivity index (χ0v) is 19.6. The van der Waals surface area contributed by atoms with Crippen LogP contribution in [0, 0.1) is 5.92 Å². The normalized spacial score (nSPS) is 16.5. The molecule has 0 aromatic heterocycles.